The minimum Gasteiger partial charge on any atom is -0.486 e. The summed E-state index contributed by atoms with van der Waals surface area (Å²) < 4.78 is 11.2. The van der Waals surface area contributed by atoms with E-state index in [4.69, 9.17) is 9.15 Å². The highest BCUT2D eigenvalue weighted by Gasteiger charge is 2.16. The molecule has 4 rings (SSSR count). The number of hydrogen-bond donors (Lipinski definition) is 1. The number of hydrogen-bond acceptors (Lipinski definition) is 5. The zero-order valence-corrected chi connectivity index (χ0v) is 14.7. The van der Waals surface area contributed by atoms with Crippen molar-refractivity contribution in [2.24, 2.45) is 0 Å². The number of nitrogens with one attached hydrogen (secondary N) is 1. The van der Waals surface area contributed by atoms with Gasteiger partial charge in [-0.15, -0.1) is 0 Å². The molecule has 1 amide bonds. The van der Waals surface area contributed by atoms with E-state index in [1.807, 2.05) is 37.3 Å². The number of carbonyl (C=O) groups excluding carboxylic acids is 1. The Morgan fingerprint density at radius 1 is 1.07 bits per heavy atom. The van der Waals surface area contributed by atoms with E-state index >= 15 is 0 Å². The van der Waals surface area contributed by atoms with E-state index in [-0.39, 0.29) is 12.5 Å². The molecule has 0 aliphatic rings. The second-order valence-electron chi connectivity index (χ2n) is 6.08. The molecule has 6 heteroatoms. The Labute approximate surface area is 155 Å². The molecule has 2 aromatic heterocycles. The van der Waals surface area contributed by atoms with Crippen LogP contribution in [0.5, 0.6) is 5.75 Å². The van der Waals surface area contributed by atoms with Gasteiger partial charge in [-0.3, -0.25) is 14.8 Å². The molecule has 2 aromatic carbocycles. The summed E-state index contributed by atoms with van der Waals surface area (Å²) in [5.41, 5.74) is 3.66. The first-order chi connectivity index (χ1) is 13.2. The molecule has 0 saturated heterocycles. The predicted octanol–water partition coefficient (Wildman–Crippen LogP) is 4.36. The van der Waals surface area contributed by atoms with Crippen molar-refractivity contribution in [1.29, 1.82) is 0 Å². The highest BCUT2D eigenvalue weighted by molar-refractivity contribution is 6.05. The third-order valence-corrected chi connectivity index (χ3v) is 4.08. The fraction of sp³-hybridized carbons (Fsp3) is 0.0952. The van der Waals surface area contributed by atoms with Crippen LogP contribution in [0.3, 0.4) is 0 Å². The van der Waals surface area contributed by atoms with E-state index in [0.717, 1.165) is 16.8 Å². The molecule has 0 radical (unpaired) electrons. The van der Waals surface area contributed by atoms with E-state index in [1.165, 1.54) is 6.26 Å². The number of fused-ring (bicyclic) bond motifs is 1. The van der Waals surface area contributed by atoms with Crippen LogP contribution in [0.15, 0.2) is 71.6 Å². The third kappa shape index (κ3) is 3.79. The van der Waals surface area contributed by atoms with Gasteiger partial charge in [-0.2, -0.15) is 0 Å². The van der Waals surface area contributed by atoms with Gasteiger partial charge in [-0.05, 0) is 48.9 Å². The first kappa shape index (κ1) is 16.8. The standard InChI is InChI=1S/C21H17N3O3/c1-14-3-2-4-16(11-14)27-13-20-17(7-10-26-20)21(25)24-15-5-6-18-19(12-15)23-9-8-22-18/h2-12H,13H2,1H3,(H,24,25). The van der Waals surface area contributed by atoms with Gasteiger partial charge >= 0.3 is 0 Å². The number of amides is 1. The molecule has 134 valence electrons. The van der Waals surface area contributed by atoms with Crippen molar-refractivity contribution in [3.05, 3.63) is 84.1 Å². The van der Waals surface area contributed by atoms with E-state index in [1.54, 1.807) is 30.6 Å². The summed E-state index contributed by atoms with van der Waals surface area (Å²) in [6.45, 7) is 2.16. The van der Waals surface area contributed by atoms with Gasteiger partial charge in [-0.25, -0.2) is 0 Å². The lowest BCUT2D eigenvalue weighted by molar-refractivity contribution is 0.102. The van der Waals surface area contributed by atoms with E-state index in [2.05, 4.69) is 15.3 Å². The van der Waals surface area contributed by atoms with Crippen LogP contribution in [0.4, 0.5) is 5.69 Å². The van der Waals surface area contributed by atoms with Crippen molar-refractivity contribution in [2.75, 3.05) is 5.32 Å². The molecule has 4 aromatic rings. The average molecular weight is 359 g/mol. The molecule has 0 spiro atoms. The number of carbonyl (C=O) groups is 1. The number of rotatable bonds is 5. The molecule has 0 saturated carbocycles. The zero-order chi connectivity index (χ0) is 18.6. The normalized spacial score (nSPS) is 10.7. The summed E-state index contributed by atoms with van der Waals surface area (Å²) in [6, 6.07) is 14.7. The van der Waals surface area contributed by atoms with Crippen molar-refractivity contribution in [1.82, 2.24) is 9.97 Å². The molecule has 0 fully saturated rings. The number of benzene rings is 2. The number of nitrogens with zero attached hydrogens (tertiary/aromatic N) is 2. The van der Waals surface area contributed by atoms with Crippen molar-refractivity contribution < 1.29 is 13.9 Å². The van der Waals surface area contributed by atoms with Crippen LogP contribution in [-0.4, -0.2) is 15.9 Å². The van der Waals surface area contributed by atoms with Crippen LogP contribution in [0.25, 0.3) is 11.0 Å². The molecule has 6 nitrogen and oxygen atoms in total. The summed E-state index contributed by atoms with van der Waals surface area (Å²) in [5, 5.41) is 2.86. The van der Waals surface area contributed by atoms with Gasteiger partial charge in [0.25, 0.3) is 5.91 Å². The predicted molar refractivity (Wildman–Crippen MR) is 102 cm³/mol. The number of aryl methyl sites for hydroxylation is 1. The van der Waals surface area contributed by atoms with Crippen LogP contribution in [0, 0.1) is 6.92 Å². The Balaban J connectivity index is 1.48. The molecule has 0 atom stereocenters. The molecule has 1 N–H and O–H groups in total. The molecular formula is C21H17N3O3. The summed E-state index contributed by atoms with van der Waals surface area (Å²) >= 11 is 0. The molecule has 0 aliphatic carbocycles. The number of ether oxygens (including phenoxy) is 1. The summed E-state index contributed by atoms with van der Waals surface area (Å²) in [7, 11) is 0. The lowest BCUT2D eigenvalue weighted by atomic mass is 10.2. The smallest absolute Gasteiger partial charge is 0.259 e. The fourth-order valence-electron chi connectivity index (χ4n) is 2.75. The van der Waals surface area contributed by atoms with Crippen LogP contribution in [0.1, 0.15) is 21.7 Å². The lowest BCUT2D eigenvalue weighted by Crippen LogP contribution is -2.13. The van der Waals surface area contributed by atoms with Crippen LogP contribution < -0.4 is 10.1 Å². The van der Waals surface area contributed by atoms with Crippen LogP contribution in [0.2, 0.25) is 0 Å². The molecule has 0 aliphatic heterocycles. The summed E-state index contributed by atoms with van der Waals surface area (Å²) in [5.74, 6) is 0.926. The maximum atomic E-state index is 12.6. The van der Waals surface area contributed by atoms with Gasteiger partial charge in [-0.1, -0.05) is 12.1 Å². The van der Waals surface area contributed by atoms with E-state index in [9.17, 15) is 4.79 Å². The zero-order valence-electron chi connectivity index (χ0n) is 14.7. The first-order valence-electron chi connectivity index (χ1n) is 8.47. The molecular weight excluding hydrogens is 342 g/mol. The Hall–Kier alpha value is -3.67. The van der Waals surface area contributed by atoms with Gasteiger partial charge in [0, 0.05) is 18.1 Å². The highest BCUT2D eigenvalue weighted by atomic mass is 16.5. The van der Waals surface area contributed by atoms with E-state index < -0.39 is 0 Å². The van der Waals surface area contributed by atoms with Crippen molar-refractivity contribution in [3.8, 4) is 5.75 Å². The maximum absolute atomic E-state index is 12.6. The minimum absolute atomic E-state index is 0.169. The first-order valence-corrected chi connectivity index (χ1v) is 8.47. The third-order valence-electron chi connectivity index (χ3n) is 4.08. The van der Waals surface area contributed by atoms with Gasteiger partial charge < -0.3 is 14.5 Å². The van der Waals surface area contributed by atoms with Gasteiger partial charge in [0.2, 0.25) is 0 Å². The number of furan rings is 1. The van der Waals surface area contributed by atoms with Crippen LogP contribution in [-0.2, 0) is 6.61 Å². The summed E-state index contributed by atoms with van der Waals surface area (Å²) in [4.78, 5) is 21.1. The van der Waals surface area contributed by atoms with Crippen molar-refractivity contribution in [2.45, 2.75) is 13.5 Å². The second kappa shape index (κ2) is 7.29. The topological polar surface area (TPSA) is 77.2 Å². The largest absolute Gasteiger partial charge is 0.486 e. The molecule has 0 bridgehead atoms. The Morgan fingerprint density at radius 3 is 2.78 bits per heavy atom. The van der Waals surface area contributed by atoms with Gasteiger partial charge in [0.15, 0.2) is 5.76 Å². The summed E-state index contributed by atoms with van der Waals surface area (Å²) in [6.07, 6.45) is 4.73. The average Bonchev–Trinajstić information content (AvgIpc) is 3.15. The lowest BCUT2D eigenvalue weighted by Gasteiger charge is -2.08. The number of anilines is 1. The SMILES string of the molecule is Cc1cccc(OCc2occc2C(=O)Nc2ccc3nccnc3c2)c1. The maximum Gasteiger partial charge on any atom is 0.259 e. The monoisotopic (exact) mass is 359 g/mol. The number of aromatic nitrogens is 2. The van der Waals surface area contributed by atoms with Gasteiger partial charge in [0.05, 0.1) is 22.9 Å². The highest BCUT2D eigenvalue weighted by Crippen LogP contribution is 2.20. The van der Waals surface area contributed by atoms with Crippen LogP contribution >= 0.6 is 0 Å². The quantitative estimate of drug-likeness (QED) is 0.573. The molecule has 0 unspecified atom stereocenters. The minimum atomic E-state index is -0.269. The van der Waals surface area contributed by atoms with Crippen molar-refractivity contribution in [3.63, 3.8) is 0 Å². The van der Waals surface area contributed by atoms with E-state index in [0.29, 0.717) is 22.5 Å². The molecule has 2 heterocycles. The van der Waals surface area contributed by atoms with Crippen molar-refractivity contribution >= 4 is 22.6 Å². The Kier molecular flexibility index (Phi) is 4.53. The Bertz CT molecular complexity index is 1100. The second-order valence-corrected chi connectivity index (χ2v) is 6.08. The Morgan fingerprint density at radius 2 is 1.93 bits per heavy atom. The molecule has 27 heavy (non-hydrogen) atoms. The fourth-order valence-corrected chi connectivity index (χ4v) is 2.75. The van der Waals surface area contributed by atoms with Gasteiger partial charge in [0.1, 0.15) is 12.4 Å².